The SMILES string of the molecule is N#Cc1c(NCC=O)nn(-c2ccc(C(F)(F)F)cc2Cl)c1N1CCOCC1. The fourth-order valence-electron chi connectivity index (χ4n) is 2.86. The second-order valence-electron chi connectivity index (χ2n) is 5.88. The largest absolute Gasteiger partial charge is 0.416 e. The van der Waals surface area contributed by atoms with Gasteiger partial charge in [0.15, 0.2) is 11.6 Å². The number of carbonyl (C=O) groups excluding carboxylic acids is 1. The Morgan fingerprint density at radius 2 is 2.07 bits per heavy atom. The van der Waals surface area contributed by atoms with E-state index in [2.05, 4.69) is 10.4 Å². The number of ether oxygens (including phenoxy) is 1. The van der Waals surface area contributed by atoms with Crippen LogP contribution in [-0.2, 0) is 15.7 Å². The summed E-state index contributed by atoms with van der Waals surface area (Å²) in [5.41, 5.74) is -0.535. The standard InChI is InChI=1S/C17H15ClF3N5O2/c18-13-9-11(17(19,20)21)1-2-14(13)26-16(25-4-7-28-8-5-25)12(10-22)15(24-26)23-3-6-27/h1-2,6,9H,3-5,7-8H2,(H,23,24). The highest BCUT2D eigenvalue weighted by Crippen LogP contribution is 2.36. The first-order valence-corrected chi connectivity index (χ1v) is 8.65. The van der Waals surface area contributed by atoms with Crippen LogP contribution < -0.4 is 10.2 Å². The van der Waals surface area contributed by atoms with E-state index in [-0.39, 0.29) is 28.6 Å². The highest BCUT2D eigenvalue weighted by atomic mass is 35.5. The molecule has 148 valence electrons. The van der Waals surface area contributed by atoms with Gasteiger partial charge in [-0.05, 0) is 18.2 Å². The maximum atomic E-state index is 12.9. The molecule has 0 unspecified atom stereocenters. The fourth-order valence-corrected chi connectivity index (χ4v) is 3.12. The van der Waals surface area contributed by atoms with Crippen LogP contribution in [0.1, 0.15) is 11.1 Å². The van der Waals surface area contributed by atoms with Gasteiger partial charge in [0.05, 0.1) is 36.0 Å². The molecule has 1 aliphatic heterocycles. The predicted octanol–water partition coefficient (Wildman–Crippen LogP) is 2.86. The molecule has 0 amide bonds. The molecule has 0 bridgehead atoms. The molecule has 2 aromatic rings. The summed E-state index contributed by atoms with van der Waals surface area (Å²) in [6.45, 7) is 1.70. The van der Waals surface area contributed by atoms with Crippen molar-refractivity contribution in [3.8, 4) is 11.8 Å². The van der Waals surface area contributed by atoms with Crippen LogP contribution >= 0.6 is 11.6 Å². The summed E-state index contributed by atoms with van der Waals surface area (Å²) in [6.07, 6.45) is -3.92. The van der Waals surface area contributed by atoms with E-state index < -0.39 is 11.7 Å². The number of aldehydes is 1. The minimum atomic E-state index is -4.53. The number of nitriles is 1. The average molecular weight is 414 g/mol. The lowest BCUT2D eigenvalue weighted by atomic mass is 10.2. The van der Waals surface area contributed by atoms with Crippen LogP contribution in [0.15, 0.2) is 18.2 Å². The number of carbonyl (C=O) groups is 1. The van der Waals surface area contributed by atoms with Gasteiger partial charge < -0.3 is 19.7 Å². The van der Waals surface area contributed by atoms with Crippen LogP contribution in [0.4, 0.5) is 24.8 Å². The first kappa shape index (κ1) is 20.0. The molecule has 0 aliphatic carbocycles. The molecule has 11 heteroatoms. The van der Waals surface area contributed by atoms with Gasteiger partial charge in [0, 0.05) is 13.1 Å². The van der Waals surface area contributed by atoms with Crippen LogP contribution in [0.3, 0.4) is 0 Å². The summed E-state index contributed by atoms with van der Waals surface area (Å²) < 4.78 is 45.5. The van der Waals surface area contributed by atoms with Crippen LogP contribution in [0.5, 0.6) is 0 Å². The van der Waals surface area contributed by atoms with E-state index in [4.69, 9.17) is 16.3 Å². The predicted molar refractivity (Wildman–Crippen MR) is 95.9 cm³/mol. The van der Waals surface area contributed by atoms with Crippen molar-refractivity contribution in [2.45, 2.75) is 6.18 Å². The Labute approximate surface area is 163 Å². The molecule has 3 rings (SSSR count). The van der Waals surface area contributed by atoms with Crippen LogP contribution in [0, 0.1) is 11.3 Å². The molecule has 0 atom stereocenters. The maximum absolute atomic E-state index is 12.9. The molecule has 1 fully saturated rings. The zero-order valence-corrected chi connectivity index (χ0v) is 15.2. The van der Waals surface area contributed by atoms with Crippen LogP contribution in [0.2, 0.25) is 5.02 Å². The van der Waals surface area contributed by atoms with Gasteiger partial charge in [0.1, 0.15) is 17.9 Å². The summed E-state index contributed by atoms with van der Waals surface area (Å²) in [5, 5.41) is 16.5. The van der Waals surface area contributed by atoms with Gasteiger partial charge in [-0.3, -0.25) is 0 Å². The van der Waals surface area contributed by atoms with Gasteiger partial charge in [0.25, 0.3) is 0 Å². The summed E-state index contributed by atoms with van der Waals surface area (Å²) >= 11 is 6.13. The van der Waals surface area contributed by atoms with Gasteiger partial charge in [0.2, 0.25) is 0 Å². The molecule has 0 radical (unpaired) electrons. The quantitative estimate of drug-likeness (QED) is 0.759. The lowest BCUT2D eigenvalue weighted by Gasteiger charge is -2.29. The molecule has 1 saturated heterocycles. The molecular weight excluding hydrogens is 399 g/mol. The molecule has 28 heavy (non-hydrogen) atoms. The van der Waals surface area contributed by atoms with Gasteiger partial charge >= 0.3 is 6.18 Å². The van der Waals surface area contributed by atoms with E-state index in [0.29, 0.717) is 38.4 Å². The van der Waals surface area contributed by atoms with Gasteiger partial charge in [-0.1, -0.05) is 11.6 Å². The molecule has 1 aliphatic rings. The second-order valence-corrected chi connectivity index (χ2v) is 6.29. The fraction of sp³-hybridized carbons (Fsp3) is 0.353. The van der Waals surface area contributed by atoms with Crippen molar-refractivity contribution >= 4 is 29.5 Å². The van der Waals surface area contributed by atoms with E-state index in [1.54, 1.807) is 0 Å². The van der Waals surface area contributed by atoms with Crippen molar-refractivity contribution in [3.05, 3.63) is 34.3 Å². The van der Waals surface area contributed by atoms with E-state index in [0.717, 1.165) is 12.1 Å². The molecule has 7 nitrogen and oxygen atoms in total. The third-order valence-electron chi connectivity index (χ3n) is 4.14. The third kappa shape index (κ3) is 3.90. The topological polar surface area (TPSA) is 83.2 Å². The highest BCUT2D eigenvalue weighted by Gasteiger charge is 2.32. The lowest BCUT2D eigenvalue weighted by molar-refractivity contribution is -0.137. The first-order valence-electron chi connectivity index (χ1n) is 8.27. The number of aromatic nitrogens is 2. The Morgan fingerprint density at radius 1 is 1.36 bits per heavy atom. The summed E-state index contributed by atoms with van der Waals surface area (Å²) in [7, 11) is 0. The minimum absolute atomic E-state index is 0.0744. The molecular formula is C17H15ClF3N5O2. The monoisotopic (exact) mass is 413 g/mol. The highest BCUT2D eigenvalue weighted by molar-refractivity contribution is 6.32. The van der Waals surface area contributed by atoms with E-state index >= 15 is 0 Å². The number of halogens is 4. The number of morpholine rings is 1. The number of hydrogen-bond acceptors (Lipinski definition) is 6. The molecule has 1 aromatic heterocycles. The first-order chi connectivity index (χ1) is 13.4. The molecule has 1 aromatic carbocycles. The molecule has 2 heterocycles. The number of anilines is 2. The number of alkyl halides is 3. The number of nitrogens with one attached hydrogen (secondary N) is 1. The van der Waals surface area contributed by atoms with Crippen molar-refractivity contribution in [2.75, 3.05) is 43.1 Å². The number of rotatable bonds is 5. The number of hydrogen-bond donors (Lipinski definition) is 1. The molecule has 0 spiro atoms. The van der Waals surface area contributed by atoms with Gasteiger partial charge in [-0.2, -0.15) is 18.4 Å². The zero-order chi connectivity index (χ0) is 20.3. The number of nitrogens with zero attached hydrogens (tertiary/aromatic N) is 4. The summed E-state index contributed by atoms with van der Waals surface area (Å²) in [4.78, 5) is 12.5. The van der Waals surface area contributed by atoms with E-state index in [1.165, 1.54) is 10.7 Å². The van der Waals surface area contributed by atoms with Crippen LogP contribution in [-0.4, -0.2) is 48.9 Å². The Balaban J connectivity index is 2.15. The Bertz CT molecular complexity index is 917. The smallest absolute Gasteiger partial charge is 0.378 e. The zero-order valence-electron chi connectivity index (χ0n) is 14.5. The van der Waals surface area contributed by atoms with Crippen molar-refractivity contribution in [1.29, 1.82) is 5.26 Å². The number of benzene rings is 1. The normalized spacial score (nSPS) is 14.6. The van der Waals surface area contributed by atoms with Crippen molar-refractivity contribution in [3.63, 3.8) is 0 Å². The summed E-state index contributed by atoms with van der Waals surface area (Å²) in [6, 6.07) is 4.96. The van der Waals surface area contributed by atoms with Crippen molar-refractivity contribution in [1.82, 2.24) is 9.78 Å². The van der Waals surface area contributed by atoms with Crippen molar-refractivity contribution < 1.29 is 22.7 Å². The summed E-state index contributed by atoms with van der Waals surface area (Å²) in [5.74, 6) is 0.521. The Morgan fingerprint density at radius 3 is 2.64 bits per heavy atom. The van der Waals surface area contributed by atoms with Gasteiger partial charge in [-0.15, -0.1) is 5.10 Å². The lowest BCUT2D eigenvalue weighted by Crippen LogP contribution is -2.38. The molecule has 0 saturated carbocycles. The Hall–Kier alpha value is -2.77. The minimum Gasteiger partial charge on any atom is -0.378 e. The van der Waals surface area contributed by atoms with E-state index in [9.17, 15) is 23.2 Å². The maximum Gasteiger partial charge on any atom is 0.416 e. The molecule has 1 N–H and O–H groups in total. The average Bonchev–Trinajstić information content (AvgIpc) is 3.04. The Kier molecular flexibility index (Phi) is 5.76. The van der Waals surface area contributed by atoms with E-state index in [1.807, 2.05) is 11.0 Å². The van der Waals surface area contributed by atoms with Gasteiger partial charge in [-0.25, -0.2) is 4.68 Å². The van der Waals surface area contributed by atoms with Crippen LogP contribution in [0.25, 0.3) is 5.69 Å². The van der Waals surface area contributed by atoms with Crippen molar-refractivity contribution in [2.24, 2.45) is 0 Å². The second kappa shape index (κ2) is 8.08. The third-order valence-corrected chi connectivity index (χ3v) is 4.44.